The highest BCUT2D eigenvalue weighted by Gasteiger charge is 2.27. The lowest BCUT2D eigenvalue weighted by Crippen LogP contribution is -2.40. The first-order valence-corrected chi connectivity index (χ1v) is 9.93. The van der Waals surface area contributed by atoms with Crippen LogP contribution >= 0.6 is 11.3 Å². The van der Waals surface area contributed by atoms with Crippen molar-refractivity contribution in [1.82, 2.24) is 19.3 Å². The molecule has 0 aromatic carbocycles. The molecule has 0 bridgehead atoms. The first-order valence-electron chi connectivity index (χ1n) is 9.12. The molecule has 0 aliphatic carbocycles. The maximum atomic E-state index is 13.1. The Bertz CT molecular complexity index is 1160. The number of nitrogens with one attached hydrogen (secondary N) is 1. The smallest absolute Gasteiger partial charge is 0.339 e. The zero-order chi connectivity index (χ0) is 20.7. The van der Waals surface area contributed by atoms with Crippen LogP contribution in [0.15, 0.2) is 9.59 Å². The van der Waals surface area contributed by atoms with Crippen LogP contribution in [-0.2, 0) is 17.7 Å². The third kappa shape index (κ3) is 2.99. The van der Waals surface area contributed by atoms with Crippen LogP contribution in [0.3, 0.4) is 0 Å². The zero-order valence-corrected chi connectivity index (χ0v) is 17.7. The van der Waals surface area contributed by atoms with E-state index < -0.39 is 11.5 Å². The van der Waals surface area contributed by atoms with Gasteiger partial charge < -0.3 is 4.74 Å². The summed E-state index contributed by atoms with van der Waals surface area (Å²) in [6, 6.07) is -0.164. The van der Waals surface area contributed by atoms with E-state index >= 15 is 0 Å². The molecule has 1 N–H and O–H groups in total. The van der Waals surface area contributed by atoms with Crippen LogP contribution in [-0.4, -0.2) is 32.4 Å². The number of rotatable bonds is 5. The monoisotopic (exact) mass is 404 g/mol. The van der Waals surface area contributed by atoms with Gasteiger partial charge in [-0.2, -0.15) is 5.10 Å². The molecule has 3 heterocycles. The third-order valence-electron chi connectivity index (χ3n) is 4.92. The van der Waals surface area contributed by atoms with E-state index in [0.29, 0.717) is 16.1 Å². The molecule has 0 aliphatic rings. The highest BCUT2D eigenvalue weighted by molar-refractivity contribution is 7.19. The van der Waals surface area contributed by atoms with Gasteiger partial charge in [0.2, 0.25) is 0 Å². The average Bonchev–Trinajstić information content (AvgIpc) is 3.16. The molecule has 3 aromatic heterocycles. The quantitative estimate of drug-likeness (QED) is 0.659. The van der Waals surface area contributed by atoms with Gasteiger partial charge in [-0.15, -0.1) is 11.3 Å². The number of hydrogen-bond donors (Lipinski definition) is 1. The lowest BCUT2D eigenvalue weighted by molar-refractivity contribution is 0.0602. The summed E-state index contributed by atoms with van der Waals surface area (Å²) >= 11 is 1.29. The summed E-state index contributed by atoms with van der Waals surface area (Å²) in [5.74, 6) is -0.575. The summed E-state index contributed by atoms with van der Waals surface area (Å²) < 4.78 is 7.74. The number of H-pyrrole nitrogens is 1. The first-order chi connectivity index (χ1) is 13.2. The number of hydrogen-bond acceptors (Lipinski definition) is 6. The van der Waals surface area contributed by atoms with E-state index in [9.17, 15) is 14.4 Å². The maximum absolute atomic E-state index is 13.1. The Morgan fingerprint density at radius 2 is 1.96 bits per heavy atom. The summed E-state index contributed by atoms with van der Waals surface area (Å²) in [5, 5.41) is 7.40. The molecule has 0 amide bonds. The number of thiophene rings is 1. The number of esters is 1. The Morgan fingerprint density at radius 1 is 1.29 bits per heavy atom. The van der Waals surface area contributed by atoms with E-state index in [1.807, 2.05) is 27.7 Å². The molecule has 3 aromatic rings. The number of ether oxygens (including phenoxy) is 1. The Morgan fingerprint density at radius 3 is 2.46 bits per heavy atom. The number of aromatic nitrogens is 4. The molecule has 9 heteroatoms. The molecule has 0 unspecified atom stereocenters. The molecule has 0 atom stereocenters. The van der Waals surface area contributed by atoms with Crippen LogP contribution in [0.4, 0.5) is 0 Å². The highest BCUT2D eigenvalue weighted by Crippen LogP contribution is 2.33. The van der Waals surface area contributed by atoms with Gasteiger partial charge in [-0.1, -0.05) is 0 Å². The SMILES string of the molecule is CCn1c(=O)c2c(C(=O)OC)c(Cc3c(C)n[nH]c3C)sc2n(C(C)C)c1=O. The largest absolute Gasteiger partial charge is 0.465 e. The summed E-state index contributed by atoms with van der Waals surface area (Å²) in [5.41, 5.74) is 2.11. The van der Waals surface area contributed by atoms with E-state index in [4.69, 9.17) is 4.74 Å². The zero-order valence-electron chi connectivity index (χ0n) is 16.9. The van der Waals surface area contributed by atoms with Crippen LogP contribution in [0.2, 0.25) is 0 Å². The molecule has 0 saturated heterocycles. The van der Waals surface area contributed by atoms with E-state index in [0.717, 1.165) is 17.0 Å². The molecule has 0 spiro atoms. The maximum Gasteiger partial charge on any atom is 0.339 e. The summed E-state index contributed by atoms with van der Waals surface area (Å²) in [6.07, 6.45) is 0.426. The van der Waals surface area contributed by atoms with Gasteiger partial charge in [0.05, 0.1) is 23.8 Å². The van der Waals surface area contributed by atoms with Gasteiger partial charge in [0.25, 0.3) is 5.56 Å². The van der Waals surface area contributed by atoms with Gasteiger partial charge in [-0.05, 0) is 34.6 Å². The second-order valence-corrected chi connectivity index (χ2v) is 8.04. The number of carbonyl (C=O) groups excluding carboxylic acids is 1. The number of fused-ring (bicyclic) bond motifs is 1. The van der Waals surface area contributed by atoms with E-state index in [1.165, 1.54) is 23.0 Å². The van der Waals surface area contributed by atoms with Crippen molar-refractivity contribution < 1.29 is 9.53 Å². The van der Waals surface area contributed by atoms with Gasteiger partial charge >= 0.3 is 11.7 Å². The first kappa shape index (κ1) is 20.1. The average molecular weight is 404 g/mol. The standard InChI is InChI=1S/C19H24N4O4S/c1-7-22-16(24)15-14(18(25)27-6)13(8-12-10(4)20-21-11(12)5)28-17(15)23(9(2)3)19(22)26/h9H,7-8H2,1-6H3,(H,20,21). The van der Waals surface area contributed by atoms with Crippen LogP contribution in [0.25, 0.3) is 10.2 Å². The number of methoxy groups -OCH3 is 1. The Hall–Kier alpha value is -2.68. The predicted octanol–water partition coefficient (Wildman–Crippen LogP) is 2.54. The van der Waals surface area contributed by atoms with Crippen LogP contribution in [0.1, 0.15) is 59.0 Å². The molecular weight excluding hydrogens is 380 g/mol. The molecular formula is C19H24N4O4S. The minimum atomic E-state index is -0.575. The molecule has 0 saturated carbocycles. The fourth-order valence-electron chi connectivity index (χ4n) is 3.44. The summed E-state index contributed by atoms with van der Waals surface area (Å²) in [7, 11) is 1.29. The third-order valence-corrected chi connectivity index (χ3v) is 6.11. The van der Waals surface area contributed by atoms with Crippen molar-refractivity contribution in [2.45, 2.75) is 53.6 Å². The van der Waals surface area contributed by atoms with Crippen molar-refractivity contribution >= 4 is 27.5 Å². The number of carbonyl (C=O) groups is 1. The topological polar surface area (TPSA) is 99.0 Å². The predicted molar refractivity (Wildman–Crippen MR) is 109 cm³/mol. The summed E-state index contributed by atoms with van der Waals surface area (Å²) in [6.45, 7) is 9.53. The summed E-state index contributed by atoms with van der Waals surface area (Å²) in [4.78, 5) is 39.8. The second-order valence-electron chi connectivity index (χ2n) is 6.96. The van der Waals surface area contributed by atoms with Gasteiger partial charge in [-0.25, -0.2) is 9.59 Å². The van der Waals surface area contributed by atoms with Gasteiger partial charge in [0.1, 0.15) is 4.83 Å². The molecule has 8 nitrogen and oxygen atoms in total. The molecule has 0 aliphatic heterocycles. The fraction of sp³-hybridized carbons (Fsp3) is 0.474. The van der Waals surface area contributed by atoms with Crippen molar-refractivity contribution in [1.29, 1.82) is 0 Å². The molecule has 0 radical (unpaired) electrons. The fourth-order valence-corrected chi connectivity index (χ4v) is 4.86. The molecule has 3 rings (SSSR count). The van der Waals surface area contributed by atoms with E-state index in [1.54, 1.807) is 11.5 Å². The van der Waals surface area contributed by atoms with Crippen LogP contribution in [0, 0.1) is 13.8 Å². The van der Waals surface area contributed by atoms with Crippen molar-refractivity contribution in [3.05, 3.63) is 48.2 Å². The minimum Gasteiger partial charge on any atom is -0.465 e. The molecule has 0 fully saturated rings. The molecule has 150 valence electrons. The Balaban J connectivity index is 2.44. The number of aryl methyl sites for hydroxylation is 2. The number of nitrogens with zero attached hydrogens (tertiary/aromatic N) is 3. The van der Waals surface area contributed by atoms with Crippen LogP contribution in [0.5, 0.6) is 0 Å². The normalized spacial score (nSPS) is 11.5. The number of aromatic amines is 1. The van der Waals surface area contributed by atoms with Crippen molar-refractivity contribution in [2.24, 2.45) is 0 Å². The van der Waals surface area contributed by atoms with E-state index in [-0.39, 0.29) is 29.2 Å². The van der Waals surface area contributed by atoms with Crippen molar-refractivity contribution in [2.75, 3.05) is 7.11 Å². The lowest BCUT2D eigenvalue weighted by Gasteiger charge is -2.13. The minimum absolute atomic E-state index is 0.164. The van der Waals surface area contributed by atoms with Gasteiger partial charge in [0, 0.05) is 35.1 Å². The lowest BCUT2D eigenvalue weighted by atomic mass is 10.1. The Kier molecular flexibility index (Phi) is 5.29. The molecule has 28 heavy (non-hydrogen) atoms. The van der Waals surface area contributed by atoms with Gasteiger partial charge in [0.15, 0.2) is 0 Å². The van der Waals surface area contributed by atoms with Crippen LogP contribution < -0.4 is 11.2 Å². The van der Waals surface area contributed by atoms with Crippen molar-refractivity contribution in [3.63, 3.8) is 0 Å². The van der Waals surface area contributed by atoms with E-state index in [2.05, 4.69) is 10.2 Å². The second kappa shape index (κ2) is 7.38. The Labute approximate surface area is 165 Å². The van der Waals surface area contributed by atoms with Gasteiger partial charge in [-0.3, -0.25) is 19.0 Å². The highest BCUT2D eigenvalue weighted by atomic mass is 32.1. The van der Waals surface area contributed by atoms with Crippen molar-refractivity contribution in [3.8, 4) is 0 Å².